The molecule has 0 unspecified atom stereocenters. The molecule has 53 heavy (non-hydrogen) atoms. The molecule has 1 aliphatic rings. The molecule has 1 aliphatic heterocycles. The maximum absolute atomic E-state index is 12.0. The minimum atomic E-state index is -2.40. The molecule has 2 heterocycles. The van der Waals surface area contributed by atoms with Gasteiger partial charge < -0.3 is 50.0 Å². The number of esters is 2. The number of H-pyrrole nitrogens is 1. The zero-order valence-corrected chi connectivity index (χ0v) is 27.2. The SMILES string of the molecule is Cc1cn([C@H]2C[C@H](N=[N+]=[N-])[C@@H](CO)O2)c(=O)[nH]c1=O.O=C(/C=C/c1ccc(O)c(O)c1)O[C@@H](C(=O)O)[C@@H](OC(=O)/C=C/c1ccc(O)c(O)c1)C(=O)O. The number of ether oxygens (including phenoxy) is 3. The molecule has 4 rings (SSSR count). The van der Waals surface area contributed by atoms with E-state index < -0.39 is 88.7 Å². The number of carbonyl (C=O) groups is 4. The Kier molecular flexibility index (Phi) is 13.9. The maximum atomic E-state index is 12.0. The van der Waals surface area contributed by atoms with Crippen LogP contribution in [0.25, 0.3) is 22.6 Å². The van der Waals surface area contributed by atoms with E-state index in [1.165, 1.54) is 22.9 Å². The lowest BCUT2D eigenvalue weighted by Crippen LogP contribution is -2.45. The zero-order valence-electron chi connectivity index (χ0n) is 27.2. The van der Waals surface area contributed by atoms with Gasteiger partial charge >= 0.3 is 29.6 Å². The predicted molar refractivity (Wildman–Crippen MR) is 177 cm³/mol. The molecule has 3 aromatic rings. The smallest absolute Gasteiger partial charge is 0.349 e. The first-order chi connectivity index (χ1) is 25.0. The molecule has 1 aromatic heterocycles. The van der Waals surface area contributed by atoms with Crippen molar-refractivity contribution < 1.29 is 69.1 Å². The number of carbonyl (C=O) groups excluding carboxylic acids is 2. The van der Waals surface area contributed by atoms with E-state index in [4.69, 9.17) is 15.4 Å². The molecule has 5 atom stereocenters. The fraction of sp³-hybridized carbons (Fsp3) is 0.250. The normalized spacial score (nSPS) is 17.6. The number of hydrogen-bond acceptors (Lipinski definition) is 15. The van der Waals surface area contributed by atoms with Gasteiger partial charge in [0.2, 0.25) is 12.2 Å². The van der Waals surface area contributed by atoms with Gasteiger partial charge in [-0.05, 0) is 60.0 Å². The Morgan fingerprint density at radius 2 is 1.42 bits per heavy atom. The van der Waals surface area contributed by atoms with Crippen molar-refractivity contribution in [1.82, 2.24) is 9.55 Å². The molecule has 0 spiro atoms. The van der Waals surface area contributed by atoms with E-state index in [1.54, 1.807) is 6.92 Å². The lowest BCUT2D eigenvalue weighted by atomic mass is 10.1. The number of aromatic nitrogens is 2. The van der Waals surface area contributed by atoms with Crippen molar-refractivity contribution >= 4 is 36.0 Å². The maximum Gasteiger partial charge on any atom is 0.349 e. The number of benzene rings is 2. The molecular weight excluding hydrogens is 710 g/mol. The highest BCUT2D eigenvalue weighted by Gasteiger charge is 2.40. The van der Waals surface area contributed by atoms with E-state index >= 15 is 0 Å². The molecule has 1 fully saturated rings. The van der Waals surface area contributed by atoms with Crippen LogP contribution in [0.3, 0.4) is 0 Å². The Hall–Kier alpha value is -7.09. The Morgan fingerprint density at radius 1 is 0.925 bits per heavy atom. The van der Waals surface area contributed by atoms with Crippen molar-refractivity contribution in [1.29, 1.82) is 0 Å². The fourth-order valence-electron chi connectivity index (χ4n) is 4.47. The third kappa shape index (κ3) is 11.2. The molecule has 1 saturated heterocycles. The van der Waals surface area contributed by atoms with Crippen molar-refractivity contribution in [2.24, 2.45) is 5.11 Å². The molecule has 2 aromatic carbocycles. The molecule has 0 radical (unpaired) electrons. The zero-order chi connectivity index (χ0) is 39.4. The first kappa shape index (κ1) is 40.3. The van der Waals surface area contributed by atoms with Gasteiger partial charge in [-0.15, -0.1) is 0 Å². The molecule has 0 aliphatic carbocycles. The van der Waals surface area contributed by atoms with Crippen molar-refractivity contribution in [3.8, 4) is 23.0 Å². The number of aliphatic carboxylic acids is 2. The number of aromatic amines is 1. The number of phenols is 4. The highest BCUT2D eigenvalue weighted by Crippen LogP contribution is 2.30. The van der Waals surface area contributed by atoms with Crippen LogP contribution < -0.4 is 11.2 Å². The van der Waals surface area contributed by atoms with Gasteiger partial charge in [0, 0.05) is 35.2 Å². The summed E-state index contributed by atoms with van der Waals surface area (Å²) >= 11 is 0. The Balaban J connectivity index is 0.000000334. The third-order valence-corrected chi connectivity index (χ3v) is 7.11. The second-order valence-electron chi connectivity index (χ2n) is 10.9. The van der Waals surface area contributed by atoms with Crippen molar-refractivity contribution in [2.45, 2.75) is 43.9 Å². The first-order valence-corrected chi connectivity index (χ1v) is 14.9. The summed E-state index contributed by atoms with van der Waals surface area (Å²) in [7, 11) is 0. The van der Waals surface area contributed by atoms with E-state index in [2.05, 4.69) is 24.5 Å². The first-order valence-electron chi connectivity index (χ1n) is 14.9. The number of carboxylic acids is 2. The number of aliphatic hydroxyl groups excluding tert-OH is 1. The van der Waals surface area contributed by atoms with Crippen LogP contribution in [0, 0.1) is 6.92 Å². The average molecular weight is 742 g/mol. The lowest BCUT2D eigenvalue weighted by Gasteiger charge is -2.19. The topological polar surface area (TPSA) is 341 Å². The largest absolute Gasteiger partial charge is 0.504 e. The minimum Gasteiger partial charge on any atom is -0.504 e. The van der Waals surface area contributed by atoms with Gasteiger partial charge in [-0.3, -0.25) is 14.3 Å². The quantitative estimate of drug-likeness (QED) is 0.0321. The molecule has 21 nitrogen and oxygen atoms in total. The standard InChI is InChI=1S/C22H18O12.C10H13N5O4/c23-13-5-1-11(9-15(13)25)3-7-17(27)33-19(21(29)30)20(22(31)32)34-18(28)8-4-12-2-6-14(24)16(26)10-12;1-5-3-15(10(18)12-9(5)17)8-2-6(13-14-11)7(4-16)19-8/h1-10,19-20,23-26H,(H,29,30)(H,31,32);3,6-8,16H,2,4H2,1H3,(H,12,17,18)/b7-3+,8-4+;/t19-,20-;6-,7+,8+/m10/s1. The summed E-state index contributed by atoms with van der Waals surface area (Å²) in [5, 5.41) is 68.6. The summed E-state index contributed by atoms with van der Waals surface area (Å²) in [4.78, 5) is 74.8. The van der Waals surface area contributed by atoms with Crippen molar-refractivity contribution in [2.75, 3.05) is 6.61 Å². The van der Waals surface area contributed by atoms with Gasteiger partial charge in [0.15, 0.2) is 23.0 Å². The summed E-state index contributed by atoms with van der Waals surface area (Å²) in [5.41, 5.74) is 8.21. The van der Waals surface area contributed by atoms with Gasteiger partial charge in [-0.2, -0.15) is 0 Å². The number of rotatable bonds is 12. The number of phenolic OH excluding ortho intramolecular Hbond substituents is 4. The van der Waals surface area contributed by atoms with Gasteiger partial charge in [0.1, 0.15) is 6.23 Å². The fourth-order valence-corrected chi connectivity index (χ4v) is 4.47. The number of hydrogen-bond donors (Lipinski definition) is 8. The van der Waals surface area contributed by atoms with Crippen molar-refractivity contribution in [3.63, 3.8) is 0 Å². The second-order valence-corrected chi connectivity index (χ2v) is 10.9. The Morgan fingerprint density at radius 3 is 1.83 bits per heavy atom. The average Bonchev–Trinajstić information content (AvgIpc) is 3.51. The molecule has 21 heteroatoms. The van der Waals surface area contributed by atoms with Gasteiger partial charge in [-0.25, -0.2) is 24.0 Å². The van der Waals surface area contributed by atoms with Crippen LogP contribution in [-0.4, -0.2) is 100 Å². The summed E-state index contributed by atoms with van der Waals surface area (Å²) in [6, 6.07) is 6.54. The summed E-state index contributed by atoms with van der Waals surface area (Å²) in [6.45, 7) is 1.26. The van der Waals surface area contributed by atoms with Crippen LogP contribution in [0.5, 0.6) is 23.0 Å². The third-order valence-electron chi connectivity index (χ3n) is 7.11. The molecular formula is C32H31N5O16. The van der Waals surface area contributed by atoms with Crippen molar-refractivity contribution in [3.05, 3.63) is 103 Å². The monoisotopic (exact) mass is 741 g/mol. The molecule has 280 valence electrons. The predicted octanol–water partition coefficient (Wildman–Crippen LogP) is 1.03. The van der Waals surface area contributed by atoms with Crippen LogP contribution in [0.15, 0.2) is 69.5 Å². The van der Waals surface area contributed by atoms with E-state index in [9.17, 15) is 59.4 Å². The molecule has 0 bridgehead atoms. The van der Waals surface area contributed by atoms with Gasteiger partial charge in [0.05, 0.1) is 18.8 Å². The number of nitrogens with one attached hydrogen (secondary N) is 1. The molecule has 0 saturated carbocycles. The minimum absolute atomic E-state index is 0.228. The van der Waals surface area contributed by atoms with Gasteiger partial charge in [-0.1, -0.05) is 17.2 Å². The van der Waals surface area contributed by atoms with Crippen LogP contribution in [0.2, 0.25) is 0 Å². The molecule has 0 amide bonds. The Bertz CT molecular complexity index is 1990. The van der Waals surface area contributed by atoms with Gasteiger partial charge in [0.25, 0.3) is 5.56 Å². The number of aromatic hydroxyl groups is 4. The van der Waals surface area contributed by atoms with E-state index in [1.807, 2.05) is 0 Å². The summed E-state index contributed by atoms with van der Waals surface area (Å²) in [6.07, 6.45) is -0.818. The highest BCUT2D eigenvalue weighted by molar-refractivity contribution is 5.93. The number of aliphatic hydroxyl groups is 1. The van der Waals surface area contributed by atoms with E-state index in [-0.39, 0.29) is 24.2 Å². The van der Waals surface area contributed by atoms with Crippen LogP contribution in [0.4, 0.5) is 0 Å². The van der Waals surface area contributed by atoms with Crippen LogP contribution >= 0.6 is 0 Å². The summed E-state index contributed by atoms with van der Waals surface area (Å²) < 4.78 is 15.9. The molecule has 8 N–H and O–H groups in total. The number of nitrogens with zero attached hydrogens (tertiary/aromatic N) is 4. The Labute approximate surface area is 296 Å². The summed E-state index contributed by atoms with van der Waals surface area (Å²) in [5.74, 6) is -8.18. The van der Waals surface area contributed by atoms with Crippen LogP contribution in [0.1, 0.15) is 29.3 Å². The van der Waals surface area contributed by atoms with E-state index in [0.29, 0.717) is 5.56 Å². The number of azide groups is 1. The highest BCUT2D eigenvalue weighted by atomic mass is 16.6. The second kappa shape index (κ2) is 18.2. The number of aryl methyl sites for hydroxylation is 1. The van der Waals surface area contributed by atoms with Crippen LogP contribution in [-0.2, 0) is 33.4 Å². The van der Waals surface area contributed by atoms with E-state index in [0.717, 1.165) is 48.6 Å². The number of carboxylic acid groups (broad SMARTS) is 2. The lowest BCUT2D eigenvalue weighted by molar-refractivity contribution is -0.183.